The van der Waals surface area contributed by atoms with Crippen LogP contribution in [-0.4, -0.2) is 17.4 Å². The Balaban J connectivity index is 2.39. The molecule has 0 N–H and O–H groups in total. The number of para-hydroxylation sites is 1. The topological polar surface area (TPSA) is 33.2 Å². The number of amides is 1. The average molecular weight is 279 g/mol. The summed E-state index contributed by atoms with van der Waals surface area (Å²) in [7, 11) is 0. The van der Waals surface area contributed by atoms with Crippen molar-refractivity contribution in [3.63, 3.8) is 0 Å². The van der Waals surface area contributed by atoms with E-state index in [9.17, 15) is 9.18 Å². The first-order valence-corrected chi connectivity index (χ1v) is 6.20. The number of hydrogen-bond acceptors (Lipinski definition) is 2. The van der Waals surface area contributed by atoms with Crippen LogP contribution in [0.3, 0.4) is 0 Å². The van der Waals surface area contributed by atoms with E-state index in [4.69, 9.17) is 11.6 Å². The molecule has 0 bridgehead atoms. The molecule has 0 atom stereocenters. The predicted molar refractivity (Wildman–Crippen MR) is 73.0 cm³/mol. The highest BCUT2D eigenvalue weighted by Gasteiger charge is 2.21. The van der Waals surface area contributed by atoms with Crippen molar-refractivity contribution in [3.05, 3.63) is 59.1 Å². The number of aromatic nitrogens is 1. The Morgan fingerprint density at radius 2 is 2.00 bits per heavy atom. The van der Waals surface area contributed by atoms with Crippen molar-refractivity contribution in [1.29, 1.82) is 0 Å². The molecule has 5 heteroatoms. The van der Waals surface area contributed by atoms with Gasteiger partial charge in [0.15, 0.2) is 11.0 Å². The van der Waals surface area contributed by atoms with Gasteiger partial charge in [-0.25, -0.2) is 9.37 Å². The SMILES string of the molecule is CCN(C(=O)c1ccnc(Cl)c1F)c1ccccc1. The zero-order valence-electron chi connectivity index (χ0n) is 10.3. The third-order valence-electron chi connectivity index (χ3n) is 2.71. The number of anilines is 1. The largest absolute Gasteiger partial charge is 0.309 e. The highest BCUT2D eigenvalue weighted by molar-refractivity contribution is 6.30. The van der Waals surface area contributed by atoms with E-state index in [1.165, 1.54) is 17.2 Å². The van der Waals surface area contributed by atoms with E-state index in [0.29, 0.717) is 12.2 Å². The molecule has 0 aliphatic rings. The van der Waals surface area contributed by atoms with Crippen molar-refractivity contribution in [2.24, 2.45) is 0 Å². The van der Waals surface area contributed by atoms with Crippen LogP contribution in [0.2, 0.25) is 5.15 Å². The number of pyridine rings is 1. The Hall–Kier alpha value is -1.94. The van der Waals surface area contributed by atoms with Crippen LogP contribution in [0.5, 0.6) is 0 Å². The van der Waals surface area contributed by atoms with E-state index < -0.39 is 11.7 Å². The van der Waals surface area contributed by atoms with Gasteiger partial charge >= 0.3 is 0 Å². The monoisotopic (exact) mass is 278 g/mol. The number of hydrogen-bond donors (Lipinski definition) is 0. The third-order valence-corrected chi connectivity index (χ3v) is 2.97. The van der Waals surface area contributed by atoms with E-state index in [1.807, 2.05) is 25.1 Å². The van der Waals surface area contributed by atoms with Gasteiger partial charge in [-0.15, -0.1) is 0 Å². The number of carbonyl (C=O) groups excluding carboxylic acids is 1. The molecule has 1 heterocycles. The van der Waals surface area contributed by atoms with Gasteiger partial charge in [-0.2, -0.15) is 0 Å². The fourth-order valence-corrected chi connectivity index (χ4v) is 1.94. The second kappa shape index (κ2) is 5.80. The van der Waals surface area contributed by atoms with Crippen molar-refractivity contribution >= 4 is 23.2 Å². The Labute approximate surface area is 115 Å². The third kappa shape index (κ3) is 2.74. The number of carbonyl (C=O) groups is 1. The van der Waals surface area contributed by atoms with Gasteiger partial charge in [-0.1, -0.05) is 29.8 Å². The smallest absolute Gasteiger partial charge is 0.261 e. The lowest BCUT2D eigenvalue weighted by Gasteiger charge is -2.21. The first kappa shape index (κ1) is 13.5. The van der Waals surface area contributed by atoms with Gasteiger partial charge in [0.2, 0.25) is 0 Å². The van der Waals surface area contributed by atoms with Crippen molar-refractivity contribution < 1.29 is 9.18 Å². The molecule has 0 saturated carbocycles. The molecular formula is C14H12ClFN2O. The lowest BCUT2D eigenvalue weighted by Crippen LogP contribution is -2.31. The van der Waals surface area contributed by atoms with Crippen molar-refractivity contribution in [2.45, 2.75) is 6.92 Å². The van der Waals surface area contributed by atoms with Gasteiger partial charge in [0, 0.05) is 18.4 Å². The van der Waals surface area contributed by atoms with Gasteiger partial charge in [-0.05, 0) is 25.1 Å². The Morgan fingerprint density at radius 3 is 2.63 bits per heavy atom. The van der Waals surface area contributed by atoms with E-state index in [1.54, 1.807) is 12.1 Å². The molecule has 2 rings (SSSR count). The molecule has 0 saturated heterocycles. The minimum atomic E-state index is -0.788. The van der Waals surface area contributed by atoms with Crippen molar-refractivity contribution in [3.8, 4) is 0 Å². The lowest BCUT2D eigenvalue weighted by molar-refractivity contribution is 0.0984. The van der Waals surface area contributed by atoms with Gasteiger partial charge < -0.3 is 4.90 Å². The molecule has 19 heavy (non-hydrogen) atoms. The summed E-state index contributed by atoms with van der Waals surface area (Å²) in [5.41, 5.74) is 0.632. The summed E-state index contributed by atoms with van der Waals surface area (Å²) in [5.74, 6) is -1.22. The zero-order valence-corrected chi connectivity index (χ0v) is 11.1. The summed E-state index contributed by atoms with van der Waals surface area (Å²) in [6, 6.07) is 10.4. The maximum Gasteiger partial charge on any atom is 0.261 e. The number of halogens is 2. The van der Waals surface area contributed by atoms with Gasteiger partial charge in [-0.3, -0.25) is 4.79 Å². The van der Waals surface area contributed by atoms with E-state index >= 15 is 0 Å². The molecule has 1 aromatic heterocycles. The molecule has 2 aromatic rings. The quantitative estimate of drug-likeness (QED) is 0.805. The molecule has 0 aliphatic heterocycles. The normalized spacial score (nSPS) is 10.3. The molecule has 0 aliphatic carbocycles. The van der Waals surface area contributed by atoms with Crippen molar-refractivity contribution in [1.82, 2.24) is 4.98 Å². The first-order valence-electron chi connectivity index (χ1n) is 5.82. The van der Waals surface area contributed by atoms with Crippen LogP contribution in [-0.2, 0) is 0 Å². The molecule has 0 spiro atoms. The average Bonchev–Trinajstić information content (AvgIpc) is 2.44. The van der Waals surface area contributed by atoms with E-state index in [0.717, 1.165) is 0 Å². The van der Waals surface area contributed by atoms with Crippen LogP contribution in [0.1, 0.15) is 17.3 Å². The molecule has 3 nitrogen and oxygen atoms in total. The second-order valence-corrected chi connectivity index (χ2v) is 4.21. The maximum atomic E-state index is 13.8. The molecule has 1 aromatic carbocycles. The summed E-state index contributed by atoms with van der Waals surface area (Å²) >= 11 is 5.59. The standard InChI is InChI=1S/C14H12ClFN2O/c1-2-18(10-6-4-3-5-7-10)14(19)11-8-9-17-13(15)12(11)16/h3-9H,2H2,1H3. The van der Waals surface area contributed by atoms with E-state index in [2.05, 4.69) is 4.98 Å². The van der Waals surface area contributed by atoms with Gasteiger partial charge in [0.05, 0.1) is 5.56 Å². The summed E-state index contributed by atoms with van der Waals surface area (Å²) in [6.45, 7) is 2.26. The number of rotatable bonds is 3. The fourth-order valence-electron chi connectivity index (χ4n) is 1.78. The Bertz CT molecular complexity index is 589. The summed E-state index contributed by atoms with van der Waals surface area (Å²) in [4.78, 5) is 17.4. The van der Waals surface area contributed by atoms with Crippen LogP contribution < -0.4 is 4.90 Å². The number of benzene rings is 1. The zero-order chi connectivity index (χ0) is 13.8. The highest BCUT2D eigenvalue weighted by Crippen LogP contribution is 2.20. The summed E-state index contributed by atoms with van der Waals surface area (Å²) in [5, 5.41) is -0.296. The second-order valence-electron chi connectivity index (χ2n) is 3.85. The summed E-state index contributed by atoms with van der Waals surface area (Å²) in [6.07, 6.45) is 1.32. The van der Waals surface area contributed by atoms with Crippen LogP contribution in [0.25, 0.3) is 0 Å². The minimum absolute atomic E-state index is 0.0781. The molecule has 1 amide bonds. The Morgan fingerprint density at radius 1 is 1.32 bits per heavy atom. The van der Waals surface area contributed by atoms with Crippen LogP contribution >= 0.6 is 11.6 Å². The minimum Gasteiger partial charge on any atom is -0.309 e. The van der Waals surface area contributed by atoms with Gasteiger partial charge in [0.25, 0.3) is 5.91 Å². The predicted octanol–water partition coefficient (Wildman–Crippen LogP) is 3.54. The molecule has 0 fully saturated rings. The van der Waals surface area contributed by atoms with Crippen LogP contribution in [0, 0.1) is 5.82 Å². The van der Waals surface area contributed by atoms with Crippen LogP contribution in [0.15, 0.2) is 42.6 Å². The lowest BCUT2D eigenvalue weighted by atomic mass is 10.2. The van der Waals surface area contributed by atoms with Crippen LogP contribution in [0.4, 0.5) is 10.1 Å². The molecular weight excluding hydrogens is 267 g/mol. The Kier molecular flexibility index (Phi) is 4.12. The summed E-state index contributed by atoms with van der Waals surface area (Å²) < 4.78 is 13.8. The van der Waals surface area contributed by atoms with E-state index in [-0.39, 0.29) is 10.7 Å². The molecule has 0 unspecified atom stereocenters. The van der Waals surface area contributed by atoms with Gasteiger partial charge in [0.1, 0.15) is 0 Å². The van der Waals surface area contributed by atoms with Crippen molar-refractivity contribution in [2.75, 3.05) is 11.4 Å². The molecule has 0 radical (unpaired) electrons. The first-order chi connectivity index (χ1) is 9.15. The maximum absolute atomic E-state index is 13.8. The fraction of sp³-hybridized carbons (Fsp3) is 0.143. The molecule has 98 valence electrons. The highest BCUT2D eigenvalue weighted by atomic mass is 35.5. The number of nitrogens with zero attached hydrogens (tertiary/aromatic N) is 2.